The maximum Gasteiger partial charge on any atom is 0.164 e. The van der Waals surface area contributed by atoms with Gasteiger partial charge in [0.15, 0.2) is 5.82 Å². The summed E-state index contributed by atoms with van der Waals surface area (Å²) in [6.45, 7) is 2.03. The van der Waals surface area contributed by atoms with Crippen LogP contribution in [0.5, 0.6) is 5.75 Å². The smallest absolute Gasteiger partial charge is 0.164 e. The molecule has 1 aromatic heterocycles. The van der Waals surface area contributed by atoms with Crippen molar-refractivity contribution in [2.45, 2.75) is 26.2 Å². The van der Waals surface area contributed by atoms with Gasteiger partial charge >= 0.3 is 0 Å². The molecule has 0 aliphatic heterocycles. The quantitative estimate of drug-likeness (QED) is 0.785. The number of aromatic nitrogens is 2. The minimum Gasteiger partial charge on any atom is -0.496 e. The Morgan fingerprint density at radius 3 is 2.84 bits per heavy atom. The fourth-order valence-corrected chi connectivity index (χ4v) is 2.77. The van der Waals surface area contributed by atoms with Gasteiger partial charge in [-0.3, -0.25) is 0 Å². The first-order valence-corrected chi connectivity index (χ1v) is 6.77. The normalized spacial score (nSPS) is 13.4. The van der Waals surface area contributed by atoms with Crippen LogP contribution in [0.2, 0.25) is 5.15 Å². The molecule has 0 N–H and O–H groups in total. The van der Waals surface area contributed by atoms with Crippen molar-refractivity contribution in [3.8, 4) is 17.1 Å². The highest BCUT2D eigenvalue weighted by molar-refractivity contribution is 6.30. The van der Waals surface area contributed by atoms with Gasteiger partial charge in [-0.15, -0.1) is 0 Å². The summed E-state index contributed by atoms with van der Waals surface area (Å²) in [5.41, 5.74) is 4.23. The minimum absolute atomic E-state index is 0.583. The lowest BCUT2D eigenvalue weighted by Gasteiger charge is -2.10. The molecule has 3 nitrogen and oxygen atoms in total. The van der Waals surface area contributed by atoms with E-state index in [1.54, 1.807) is 7.11 Å². The van der Waals surface area contributed by atoms with Gasteiger partial charge in [0.1, 0.15) is 10.9 Å². The van der Waals surface area contributed by atoms with Crippen molar-refractivity contribution in [1.29, 1.82) is 0 Å². The molecule has 4 heteroatoms. The zero-order chi connectivity index (χ0) is 13.4. The SMILES string of the molecule is COc1cc(C)ccc1-c1nc(Cl)c2c(n1)CCC2. The molecule has 98 valence electrons. The first-order valence-electron chi connectivity index (χ1n) is 6.39. The maximum absolute atomic E-state index is 6.26. The number of fused-ring (bicyclic) bond motifs is 1. The minimum atomic E-state index is 0.583. The monoisotopic (exact) mass is 274 g/mol. The van der Waals surface area contributed by atoms with E-state index in [4.69, 9.17) is 16.3 Å². The van der Waals surface area contributed by atoms with Crippen LogP contribution in [0.1, 0.15) is 23.2 Å². The second-order valence-corrected chi connectivity index (χ2v) is 5.18. The van der Waals surface area contributed by atoms with Crippen LogP contribution >= 0.6 is 11.6 Å². The predicted molar refractivity (Wildman–Crippen MR) is 75.8 cm³/mol. The molecule has 2 aromatic rings. The summed E-state index contributed by atoms with van der Waals surface area (Å²) in [6.07, 6.45) is 3.08. The molecule has 0 spiro atoms. The third-order valence-corrected chi connectivity index (χ3v) is 3.79. The van der Waals surface area contributed by atoms with Crippen LogP contribution in [0.25, 0.3) is 11.4 Å². The summed E-state index contributed by atoms with van der Waals surface area (Å²) in [5, 5.41) is 0.583. The molecule has 0 bridgehead atoms. The maximum atomic E-state index is 6.26. The first-order chi connectivity index (χ1) is 9.19. The standard InChI is InChI=1S/C15H15ClN2O/c1-9-6-7-11(13(8-9)19-2)15-17-12-5-3-4-10(12)14(16)18-15/h6-8H,3-5H2,1-2H3. The molecule has 3 rings (SSSR count). The predicted octanol–water partition coefficient (Wildman–Crippen LogP) is 3.60. The average Bonchev–Trinajstić information content (AvgIpc) is 2.87. The summed E-state index contributed by atoms with van der Waals surface area (Å²) in [5.74, 6) is 1.44. The molecule has 0 radical (unpaired) electrons. The molecular weight excluding hydrogens is 260 g/mol. The van der Waals surface area contributed by atoms with Crippen LogP contribution in [0, 0.1) is 6.92 Å². The van der Waals surface area contributed by atoms with E-state index in [0.717, 1.165) is 47.4 Å². The molecule has 0 amide bonds. The molecule has 0 atom stereocenters. The Balaban J connectivity index is 2.15. The number of rotatable bonds is 2. The first kappa shape index (κ1) is 12.4. The highest BCUT2D eigenvalue weighted by Crippen LogP contribution is 2.33. The van der Waals surface area contributed by atoms with Gasteiger partial charge in [-0.1, -0.05) is 17.7 Å². The van der Waals surface area contributed by atoms with E-state index in [0.29, 0.717) is 11.0 Å². The molecule has 0 fully saturated rings. The molecule has 19 heavy (non-hydrogen) atoms. The Morgan fingerprint density at radius 2 is 2.05 bits per heavy atom. The van der Waals surface area contributed by atoms with Gasteiger partial charge in [-0.25, -0.2) is 9.97 Å². The van der Waals surface area contributed by atoms with Gasteiger partial charge in [0.2, 0.25) is 0 Å². The van der Waals surface area contributed by atoms with Crippen molar-refractivity contribution in [2.24, 2.45) is 0 Å². The molecule has 0 unspecified atom stereocenters. The lowest BCUT2D eigenvalue weighted by molar-refractivity contribution is 0.416. The lowest BCUT2D eigenvalue weighted by atomic mass is 10.1. The van der Waals surface area contributed by atoms with Crippen LogP contribution in [-0.4, -0.2) is 17.1 Å². The zero-order valence-electron chi connectivity index (χ0n) is 11.0. The number of hydrogen-bond acceptors (Lipinski definition) is 3. The Kier molecular flexibility index (Phi) is 3.15. The van der Waals surface area contributed by atoms with Crippen molar-refractivity contribution < 1.29 is 4.74 Å². The van der Waals surface area contributed by atoms with Crippen molar-refractivity contribution in [3.63, 3.8) is 0 Å². The molecule has 0 saturated heterocycles. The number of hydrogen-bond donors (Lipinski definition) is 0. The summed E-state index contributed by atoms with van der Waals surface area (Å²) in [6, 6.07) is 6.00. The fraction of sp³-hybridized carbons (Fsp3) is 0.333. The fourth-order valence-electron chi connectivity index (χ4n) is 2.49. The number of nitrogens with zero attached hydrogens (tertiary/aromatic N) is 2. The summed E-state index contributed by atoms with van der Waals surface area (Å²) in [4.78, 5) is 9.07. The average molecular weight is 275 g/mol. The number of halogens is 1. The molecule has 0 saturated carbocycles. The second kappa shape index (κ2) is 4.82. The van der Waals surface area contributed by atoms with Gasteiger partial charge in [0.25, 0.3) is 0 Å². The molecule has 1 heterocycles. The third kappa shape index (κ3) is 2.19. The Labute approximate surface area is 117 Å². The van der Waals surface area contributed by atoms with Gasteiger partial charge < -0.3 is 4.74 Å². The lowest BCUT2D eigenvalue weighted by Crippen LogP contribution is -1.99. The molecular formula is C15H15ClN2O. The summed E-state index contributed by atoms with van der Waals surface area (Å²) >= 11 is 6.26. The van der Waals surface area contributed by atoms with Gasteiger partial charge in [0, 0.05) is 11.3 Å². The van der Waals surface area contributed by atoms with E-state index in [1.807, 2.05) is 25.1 Å². The Morgan fingerprint density at radius 1 is 1.21 bits per heavy atom. The second-order valence-electron chi connectivity index (χ2n) is 4.82. The van der Waals surface area contributed by atoms with E-state index in [9.17, 15) is 0 Å². The van der Waals surface area contributed by atoms with Gasteiger partial charge in [-0.2, -0.15) is 0 Å². The summed E-state index contributed by atoms with van der Waals surface area (Å²) in [7, 11) is 1.66. The van der Waals surface area contributed by atoms with Crippen LogP contribution in [0.3, 0.4) is 0 Å². The van der Waals surface area contributed by atoms with E-state index < -0.39 is 0 Å². The largest absolute Gasteiger partial charge is 0.496 e. The van der Waals surface area contributed by atoms with Crippen LogP contribution in [0.4, 0.5) is 0 Å². The van der Waals surface area contributed by atoms with Crippen molar-refractivity contribution >= 4 is 11.6 Å². The van der Waals surface area contributed by atoms with Crippen molar-refractivity contribution in [2.75, 3.05) is 7.11 Å². The number of aryl methyl sites for hydroxylation is 2. The van der Waals surface area contributed by atoms with Crippen molar-refractivity contribution in [3.05, 3.63) is 40.2 Å². The Hall–Kier alpha value is -1.61. The van der Waals surface area contributed by atoms with Gasteiger partial charge in [-0.05, 0) is 43.9 Å². The van der Waals surface area contributed by atoms with Crippen LogP contribution in [-0.2, 0) is 12.8 Å². The molecule has 1 aliphatic carbocycles. The highest BCUT2D eigenvalue weighted by atomic mass is 35.5. The van der Waals surface area contributed by atoms with E-state index in [1.165, 1.54) is 0 Å². The Bertz CT molecular complexity index is 640. The van der Waals surface area contributed by atoms with E-state index >= 15 is 0 Å². The molecule has 1 aromatic carbocycles. The van der Waals surface area contributed by atoms with Gasteiger partial charge in [0.05, 0.1) is 12.7 Å². The van der Waals surface area contributed by atoms with E-state index in [-0.39, 0.29) is 0 Å². The van der Waals surface area contributed by atoms with E-state index in [2.05, 4.69) is 9.97 Å². The highest BCUT2D eigenvalue weighted by Gasteiger charge is 2.20. The summed E-state index contributed by atoms with van der Waals surface area (Å²) < 4.78 is 5.42. The molecule has 1 aliphatic rings. The topological polar surface area (TPSA) is 35.0 Å². The van der Waals surface area contributed by atoms with Crippen LogP contribution < -0.4 is 4.74 Å². The van der Waals surface area contributed by atoms with Crippen LogP contribution in [0.15, 0.2) is 18.2 Å². The number of benzene rings is 1. The van der Waals surface area contributed by atoms with Crippen molar-refractivity contribution in [1.82, 2.24) is 9.97 Å². The third-order valence-electron chi connectivity index (χ3n) is 3.48. The number of methoxy groups -OCH3 is 1. The number of ether oxygens (including phenoxy) is 1. The zero-order valence-corrected chi connectivity index (χ0v) is 11.8.